The molecule has 0 bridgehead atoms. The predicted octanol–water partition coefficient (Wildman–Crippen LogP) is 4.56. The zero-order valence-corrected chi connectivity index (χ0v) is 20.1. The van der Waals surface area contributed by atoms with Crippen molar-refractivity contribution in [2.45, 2.75) is 46.0 Å². The van der Waals surface area contributed by atoms with Crippen molar-refractivity contribution in [3.05, 3.63) is 59.7 Å². The normalized spacial score (nSPS) is 13.5. The molecule has 0 radical (unpaired) electrons. The maximum Gasteiger partial charge on any atom is 0.407 e. The highest BCUT2D eigenvalue weighted by molar-refractivity contribution is 5.83. The van der Waals surface area contributed by atoms with Gasteiger partial charge in [0.15, 0.2) is 0 Å². The van der Waals surface area contributed by atoms with Gasteiger partial charge in [-0.3, -0.25) is 9.59 Å². The minimum Gasteiger partial charge on any atom is -0.481 e. The summed E-state index contributed by atoms with van der Waals surface area (Å²) >= 11 is 0. The molecule has 0 saturated carbocycles. The fourth-order valence-electron chi connectivity index (χ4n) is 4.21. The molecule has 34 heavy (non-hydrogen) atoms. The number of benzene rings is 2. The van der Waals surface area contributed by atoms with Crippen LogP contribution in [0.2, 0.25) is 0 Å². The highest BCUT2D eigenvalue weighted by Crippen LogP contribution is 2.44. The van der Waals surface area contributed by atoms with E-state index in [1.54, 1.807) is 13.8 Å². The number of hydrogen-bond acceptors (Lipinski definition) is 4. The SMILES string of the molecule is CC(CCNC(=O)C(C)(C)CNC(=O)OCC1c2ccccc2-c2ccccc21)CCC(=O)O. The zero-order valence-electron chi connectivity index (χ0n) is 20.1. The number of amides is 2. The van der Waals surface area contributed by atoms with E-state index in [0.29, 0.717) is 19.4 Å². The molecule has 2 aromatic carbocycles. The largest absolute Gasteiger partial charge is 0.481 e. The van der Waals surface area contributed by atoms with E-state index in [1.807, 2.05) is 31.2 Å². The van der Waals surface area contributed by atoms with E-state index >= 15 is 0 Å². The van der Waals surface area contributed by atoms with Crippen LogP contribution in [-0.2, 0) is 14.3 Å². The third-order valence-electron chi connectivity index (χ3n) is 6.41. The molecule has 1 aliphatic rings. The average molecular weight is 467 g/mol. The molecule has 0 saturated heterocycles. The van der Waals surface area contributed by atoms with Gasteiger partial charge in [-0.2, -0.15) is 0 Å². The molecule has 0 spiro atoms. The van der Waals surface area contributed by atoms with Crippen LogP contribution in [0.5, 0.6) is 0 Å². The molecular weight excluding hydrogens is 432 g/mol. The van der Waals surface area contributed by atoms with E-state index in [4.69, 9.17) is 9.84 Å². The quantitative estimate of drug-likeness (QED) is 0.450. The van der Waals surface area contributed by atoms with E-state index in [2.05, 4.69) is 34.9 Å². The van der Waals surface area contributed by atoms with Gasteiger partial charge in [-0.25, -0.2) is 4.79 Å². The van der Waals surface area contributed by atoms with Gasteiger partial charge in [0.1, 0.15) is 6.61 Å². The standard InChI is InChI=1S/C27H34N2O5/c1-18(12-13-24(30)31)14-15-28-25(32)27(2,3)17-29-26(33)34-16-23-21-10-6-4-8-19(21)20-9-5-7-11-22(20)23/h4-11,18,23H,12-17H2,1-3H3,(H,28,32)(H,29,33)(H,30,31). The smallest absolute Gasteiger partial charge is 0.407 e. The highest BCUT2D eigenvalue weighted by Gasteiger charge is 2.30. The van der Waals surface area contributed by atoms with Crippen LogP contribution < -0.4 is 10.6 Å². The number of carbonyl (C=O) groups excluding carboxylic acids is 2. The van der Waals surface area contributed by atoms with Crippen LogP contribution in [0.15, 0.2) is 48.5 Å². The summed E-state index contributed by atoms with van der Waals surface area (Å²) in [5.74, 6) is -0.788. The van der Waals surface area contributed by atoms with Crippen LogP contribution in [0.25, 0.3) is 11.1 Å². The van der Waals surface area contributed by atoms with E-state index in [-0.39, 0.29) is 37.3 Å². The van der Waals surface area contributed by atoms with E-state index in [1.165, 1.54) is 11.1 Å². The summed E-state index contributed by atoms with van der Waals surface area (Å²) in [6.07, 6.45) is 0.863. The molecule has 0 heterocycles. The Hall–Kier alpha value is -3.35. The number of carboxylic acid groups (broad SMARTS) is 1. The van der Waals surface area contributed by atoms with E-state index in [9.17, 15) is 14.4 Å². The lowest BCUT2D eigenvalue weighted by atomic mass is 9.92. The lowest BCUT2D eigenvalue weighted by molar-refractivity contribution is -0.137. The number of nitrogens with one attached hydrogen (secondary N) is 2. The molecule has 7 heteroatoms. The fraction of sp³-hybridized carbons (Fsp3) is 0.444. The van der Waals surface area contributed by atoms with Crippen LogP contribution >= 0.6 is 0 Å². The lowest BCUT2D eigenvalue weighted by Gasteiger charge is -2.24. The summed E-state index contributed by atoms with van der Waals surface area (Å²) in [6, 6.07) is 16.3. The van der Waals surface area contributed by atoms with Gasteiger partial charge in [0, 0.05) is 25.4 Å². The number of fused-ring (bicyclic) bond motifs is 3. The van der Waals surface area contributed by atoms with E-state index < -0.39 is 17.5 Å². The molecule has 1 unspecified atom stereocenters. The molecule has 1 atom stereocenters. The van der Waals surface area contributed by atoms with Gasteiger partial charge in [0.05, 0.1) is 5.41 Å². The first-order valence-electron chi connectivity index (χ1n) is 11.8. The van der Waals surface area contributed by atoms with Crippen molar-refractivity contribution < 1.29 is 24.2 Å². The zero-order chi connectivity index (χ0) is 24.7. The Morgan fingerprint density at radius 3 is 2.15 bits per heavy atom. The van der Waals surface area contributed by atoms with Crippen molar-refractivity contribution in [2.24, 2.45) is 11.3 Å². The molecular formula is C27H34N2O5. The van der Waals surface area contributed by atoms with E-state index in [0.717, 1.165) is 11.1 Å². The van der Waals surface area contributed by atoms with Crippen molar-refractivity contribution in [3.8, 4) is 11.1 Å². The Morgan fingerprint density at radius 2 is 1.56 bits per heavy atom. The second-order valence-corrected chi connectivity index (χ2v) is 9.65. The van der Waals surface area contributed by atoms with Crippen molar-refractivity contribution >= 4 is 18.0 Å². The molecule has 7 nitrogen and oxygen atoms in total. The van der Waals surface area contributed by atoms with Crippen LogP contribution in [-0.4, -0.2) is 42.8 Å². The first-order valence-corrected chi connectivity index (χ1v) is 11.8. The second kappa shape index (κ2) is 11.2. The molecule has 2 amide bonds. The highest BCUT2D eigenvalue weighted by atomic mass is 16.5. The monoisotopic (exact) mass is 466 g/mol. The maximum atomic E-state index is 12.6. The molecule has 1 aliphatic carbocycles. The number of rotatable bonds is 11. The maximum absolute atomic E-state index is 12.6. The molecule has 182 valence electrons. The topological polar surface area (TPSA) is 105 Å². The number of ether oxygens (including phenoxy) is 1. The molecule has 0 aliphatic heterocycles. The Bertz CT molecular complexity index is 988. The number of aliphatic carboxylic acids is 1. The van der Waals surface area contributed by atoms with Gasteiger partial charge < -0.3 is 20.5 Å². The summed E-state index contributed by atoms with van der Waals surface area (Å²) in [6.45, 7) is 6.33. The Kier molecular flexibility index (Phi) is 8.31. The van der Waals surface area contributed by atoms with Crippen molar-refractivity contribution in [1.82, 2.24) is 10.6 Å². The Balaban J connectivity index is 1.45. The molecule has 3 rings (SSSR count). The van der Waals surface area contributed by atoms with Crippen molar-refractivity contribution in [2.75, 3.05) is 19.7 Å². The second-order valence-electron chi connectivity index (χ2n) is 9.65. The number of hydrogen-bond donors (Lipinski definition) is 3. The van der Waals surface area contributed by atoms with Crippen LogP contribution in [0.3, 0.4) is 0 Å². The van der Waals surface area contributed by atoms with Crippen molar-refractivity contribution in [3.63, 3.8) is 0 Å². The minimum absolute atomic E-state index is 0.0161. The summed E-state index contributed by atoms with van der Waals surface area (Å²) < 4.78 is 5.54. The van der Waals surface area contributed by atoms with Crippen LogP contribution in [0.4, 0.5) is 4.79 Å². The third-order valence-corrected chi connectivity index (χ3v) is 6.41. The fourth-order valence-corrected chi connectivity index (χ4v) is 4.21. The third kappa shape index (κ3) is 6.37. The summed E-state index contributed by atoms with van der Waals surface area (Å²) in [5, 5.41) is 14.4. The van der Waals surface area contributed by atoms with Gasteiger partial charge in [-0.15, -0.1) is 0 Å². The first kappa shape index (κ1) is 25.3. The number of alkyl carbamates (subject to hydrolysis) is 1. The van der Waals surface area contributed by atoms with Gasteiger partial charge in [-0.05, 0) is 54.9 Å². The number of carboxylic acids is 1. The van der Waals surface area contributed by atoms with Crippen LogP contribution in [0.1, 0.15) is 57.1 Å². The predicted molar refractivity (Wildman–Crippen MR) is 131 cm³/mol. The number of carbonyl (C=O) groups is 3. The average Bonchev–Trinajstić information content (AvgIpc) is 3.14. The first-order chi connectivity index (χ1) is 16.2. The van der Waals surface area contributed by atoms with Gasteiger partial charge in [0.2, 0.25) is 5.91 Å². The minimum atomic E-state index is -0.810. The summed E-state index contributed by atoms with van der Waals surface area (Å²) in [5.41, 5.74) is 3.82. The summed E-state index contributed by atoms with van der Waals surface area (Å²) in [7, 11) is 0. The van der Waals surface area contributed by atoms with Crippen molar-refractivity contribution in [1.29, 1.82) is 0 Å². The lowest BCUT2D eigenvalue weighted by Crippen LogP contribution is -2.45. The van der Waals surface area contributed by atoms with Gasteiger partial charge >= 0.3 is 12.1 Å². The molecule has 3 N–H and O–H groups in total. The summed E-state index contributed by atoms with van der Waals surface area (Å²) in [4.78, 5) is 35.6. The molecule has 0 fully saturated rings. The Morgan fingerprint density at radius 1 is 0.971 bits per heavy atom. The van der Waals surface area contributed by atoms with Gasteiger partial charge in [0.25, 0.3) is 0 Å². The molecule has 2 aromatic rings. The van der Waals surface area contributed by atoms with Gasteiger partial charge in [-0.1, -0.05) is 55.5 Å². The van der Waals surface area contributed by atoms with Crippen LogP contribution in [0, 0.1) is 11.3 Å². The Labute approximate surface area is 200 Å². The molecule has 0 aromatic heterocycles.